The number of carbonyl (C=O) groups excluding carboxylic acids is 1. The first-order chi connectivity index (χ1) is 8.39. The lowest BCUT2D eigenvalue weighted by Gasteiger charge is -2.34. The van der Waals surface area contributed by atoms with Crippen molar-refractivity contribution in [2.24, 2.45) is 5.41 Å². The summed E-state index contributed by atoms with van der Waals surface area (Å²) in [6.45, 7) is 10.3. The smallest absolute Gasteiger partial charge is 0.139 e. The van der Waals surface area contributed by atoms with Gasteiger partial charge in [-0.15, -0.1) is 11.3 Å². The molecule has 2 heterocycles. The number of fused-ring (bicyclic) bond motifs is 1. The Hall–Kier alpha value is -0.670. The van der Waals surface area contributed by atoms with Crippen molar-refractivity contribution in [3.05, 3.63) is 21.9 Å². The summed E-state index contributed by atoms with van der Waals surface area (Å²) in [4.78, 5) is 16.0. The normalized spacial score (nSPS) is 20.8. The van der Waals surface area contributed by atoms with Crippen molar-refractivity contribution in [1.29, 1.82) is 0 Å². The minimum atomic E-state index is -0.202. The average molecular weight is 265 g/mol. The molecule has 0 saturated carbocycles. The van der Waals surface area contributed by atoms with E-state index in [2.05, 4.69) is 23.3 Å². The van der Waals surface area contributed by atoms with E-state index in [1.165, 1.54) is 10.4 Å². The number of hydrogen-bond donors (Lipinski definition) is 0. The largest absolute Gasteiger partial charge is 0.299 e. The zero-order valence-electron chi connectivity index (χ0n) is 11.8. The number of nitrogens with zero attached hydrogens (tertiary/aromatic N) is 1. The first-order valence-corrected chi connectivity index (χ1v) is 7.61. The van der Waals surface area contributed by atoms with Crippen LogP contribution >= 0.6 is 11.3 Å². The van der Waals surface area contributed by atoms with Gasteiger partial charge in [0.05, 0.1) is 0 Å². The van der Waals surface area contributed by atoms with Gasteiger partial charge in [-0.3, -0.25) is 9.69 Å². The highest BCUT2D eigenvalue weighted by atomic mass is 32.1. The van der Waals surface area contributed by atoms with E-state index in [0.717, 1.165) is 19.5 Å². The highest BCUT2D eigenvalue weighted by molar-refractivity contribution is 7.10. The molecule has 1 aliphatic heterocycles. The minimum Gasteiger partial charge on any atom is -0.299 e. The van der Waals surface area contributed by atoms with Crippen LogP contribution in [0.4, 0.5) is 0 Å². The summed E-state index contributed by atoms with van der Waals surface area (Å²) in [5, 5.41) is 2.19. The Morgan fingerprint density at radius 1 is 1.50 bits per heavy atom. The third-order valence-electron chi connectivity index (χ3n) is 3.87. The second-order valence-electron chi connectivity index (χ2n) is 6.18. The van der Waals surface area contributed by atoms with Crippen molar-refractivity contribution in [3.8, 4) is 0 Å². The molecule has 0 fully saturated rings. The molecule has 1 atom stereocenters. The van der Waals surface area contributed by atoms with Gasteiger partial charge in [-0.2, -0.15) is 0 Å². The molecule has 2 nitrogen and oxygen atoms in total. The summed E-state index contributed by atoms with van der Waals surface area (Å²) in [6.07, 6.45) is 1.81. The molecule has 18 heavy (non-hydrogen) atoms. The Morgan fingerprint density at radius 2 is 2.22 bits per heavy atom. The molecule has 1 aliphatic rings. The van der Waals surface area contributed by atoms with E-state index in [-0.39, 0.29) is 5.41 Å². The molecule has 0 aliphatic carbocycles. The van der Waals surface area contributed by atoms with E-state index in [4.69, 9.17) is 0 Å². The molecule has 2 rings (SSSR count). The molecule has 1 unspecified atom stereocenters. The van der Waals surface area contributed by atoms with E-state index in [9.17, 15) is 4.79 Å². The first-order valence-electron chi connectivity index (χ1n) is 6.73. The lowest BCUT2D eigenvalue weighted by Crippen LogP contribution is -2.36. The fourth-order valence-electron chi connectivity index (χ4n) is 2.49. The second-order valence-corrected chi connectivity index (χ2v) is 7.18. The van der Waals surface area contributed by atoms with Crippen molar-refractivity contribution >= 4 is 17.1 Å². The van der Waals surface area contributed by atoms with Gasteiger partial charge in [0.25, 0.3) is 0 Å². The van der Waals surface area contributed by atoms with Gasteiger partial charge in [0, 0.05) is 35.8 Å². The molecule has 0 N–H and O–H groups in total. The number of carbonyl (C=O) groups is 1. The molecule has 0 amide bonds. The van der Waals surface area contributed by atoms with Crippen LogP contribution < -0.4 is 0 Å². The number of ketones is 1. The van der Waals surface area contributed by atoms with E-state index < -0.39 is 0 Å². The van der Waals surface area contributed by atoms with Gasteiger partial charge in [-0.05, 0) is 30.4 Å². The van der Waals surface area contributed by atoms with Crippen LogP contribution in [-0.2, 0) is 11.2 Å². The van der Waals surface area contributed by atoms with E-state index in [1.807, 2.05) is 32.1 Å². The van der Waals surface area contributed by atoms with Crippen LogP contribution in [0.5, 0.6) is 0 Å². The second kappa shape index (κ2) is 5.14. The molecule has 0 bridgehead atoms. The molecule has 0 aromatic carbocycles. The van der Waals surface area contributed by atoms with Gasteiger partial charge in [-0.1, -0.05) is 20.8 Å². The van der Waals surface area contributed by atoms with Crippen LogP contribution in [0, 0.1) is 5.41 Å². The van der Waals surface area contributed by atoms with Gasteiger partial charge < -0.3 is 0 Å². The number of thiophene rings is 1. The van der Waals surface area contributed by atoms with E-state index in [0.29, 0.717) is 18.2 Å². The lowest BCUT2D eigenvalue weighted by molar-refractivity contribution is -0.126. The van der Waals surface area contributed by atoms with Crippen LogP contribution in [0.15, 0.2) is 11.4 Å². The molecular weight excluding hydrogens is 242 g/mol. The van der Waals surface area contributed by atoms with Crippen LogP contribution in [0.3, 0.4) is 0 Å². The molecule has 1 aromatic heterocycles. The average Bonchev–Trinajstić information content (AvgIpc) is 2.75. The zero-order chi connectivity index (χ0) is 13.3. The zero-order valence-corrected chi connectivity index (χ0v) is 12.6. The predicted molar refractivity (Wildman–Crippen MR) is 77.1 cm³/mol. The summed E-state index contributed by atoms with van der Waals surface area (Å²) < 4.78 is 0. The molecule has 100 valence electrons. The fraction of sp³-hybridized carbons (Fsp3) is 0.667. The maximum Gasteiger partial charge on any atom is 0.139 e. The van der Waals surface area contributed by atoms with E-state index in [1.54, 1.807) is 0 Å². The van der Waals surface area contributed by atoms with Gasteiger partial charge in [0.15, 0.2) is 0 Å². The summed E-state index contributed by atoms with van der Waals surface area (Å²) in [5.41, 5.74) is 1.27. The topological polar surface area (TPSA) is 20.3 Å². The Labute approximate surface area is 114 Å². The standard InChI is InChI=1S/C15H23NOS/c1-11-12-7-10-18-13(12)5-8-16(11)9-6-14(17)15(2,3)4/h7,10-11H,5-6,8-9H2,1-4H3. The third kappa shape index (κ3) is 2.83. The van der Waals surface area contributed by atoms with Crippen molar-refractivity contribution in [1.82, 2.24) is 4.90 Å². The highest BCUT2D eigenvalue weighted by Crippen LogP contribution is 2.33. The summed E-state index contributed by atoms with van der Waals surface area (Å²) in [5.74, 6) is 0.366. The van der Waals surface area contributed by atoms with E-state index >= 15 is 0 Å². The maximum absolute atomic E-state index is 12.0. The van der Waals surface area contributed by atoms with Crippen LogP contribution in [0.25, 0.3) is 0 Å². The summed E-state index contributed by atoms with van der Waals surface area (Å²) >= 11 is 1.87. The molecule has 0 radical (unpaired) electrons. The fourth-order valence-corrected chi connectivity index (χ4v) is 3.45. The van der Waals surface area contributed by atoms with Crippen LogP contribution in [-0.4, -0.2) is 23.8 Å². The Morgan fingerprint density at radius 3 is 2.89 bits per heavy atom. The Balaban J connectivity index is 1.95. The van der Waals surface area contributed by atoms with Crippen molar-refractivity contribution < 1.29 is 4.79 Å². The van der Waals surface area contributed by atoms with Crippen molar-refractivity contribution in [2.75, 3.05) is 13.1 Å². The first kappa shape index (κ1) is 13.8. The van der Waals surface area contributed by atoms with Crippen LogP contribution in [0.1, 0.15) is 50.6 Å². The monoisotopic (exact) mass is 265 g/mol. The summed E-state index contributed by atoms with van der Waals surface area (Å²) in [6, 6.07) is 2.70. The SMILES string of the molecule is CC1c2ccsc2CCN1CCC(=O)C(C)(C)C. The number of Topliss-reactive ketones (excluding diaryl/α,β-unsaturated/α-hetero) is 1. The van der Waals surface area contributed by atoms with Gasteiger partial charge in [0.2, 0.25) is 0 Å². The molecule has 1 aromatic rings. The minimum absolute atomic E-state index is 0.202. The maximum atomic E-state index is 12.0. The quantitative estimate of drug-likeness (QED) is 0.831. The van der Waals surface area contributed by atoms with Gasteiger partial charge >= 0.3 is 0 Å². The third-order valence-corrected chi connectivity index (χ3v) is 4.86. The number of rotatable bonds is 3. The lowest BCUT2D eigenvalue weighted by atomic mass is 9.88. The Kier molecular flexibility index (Phi) is 3.93. The van der Waals surface area contributed by atoms with Crippen molar-refractivity contribution in [2.45, 2.75) is 46.6 Å². The molecule has 3 heteroatoms. The predicted octanol–water partition coefficient (Wildman–Crippen LogP) is 3.67. The number of hydrogen-bond acceptors (Lipinski definition) is 3. The molecular formula is C15H23NOS. The van der Waals surface area contributed by atoms with Gasteiger partial charge in [0.1, 0.15) is 5.78 Å². The van der Waals surface area contributed by atoms with Crippen molar-refractivity contribution in [3.63, 3.8) is 0 Å². The van der Waals surface area contributed by atoms with Gasteiger partial charge in [-0.25, -0.2) is 0 Å². The summed E-state index contributed by atoms with van der Waals surface area (Å²) in [7, 11) is 0. The molecule has 0 spiro atoms. The highest BCUT2D eigenvalue weighted by Gasteiger charge is 2.27. The Bertz CT molecular complexity index is 430. The van der Waals surface area contributed by atoms with Crippen LogP contribution in [0.2, 0.25) is 0 Å². The molecule has 0 saturated heterocycles.